The Balaban J connectivity index is 1.67. The van der Waals surface area contributed by atoms with Crippen molar-refractivity contribution >= 4 is 24.0 Å². The molecule has 0 radical (unpaired) electrons. The number of para-hydroxylation sites is 1. The highest BCUT2D eigenvalue weighted by Gasteiger charge is 2.26. The molecule has 0 unspecified atom stereocenters. The molecule has 1 aliphatic heterocycles. The number of piperazine rings is 1. The van der Waals surface area contributed by atoms with Gasteiger partial charge in [-0.15, -0.1) is 0 Å². The molecule has 0 spiro atoms. The summed E-state index contributed by atoms with van der Waals surface area (Å²) in [5.41, 5.74) is 0.746. The fourth-order valence-corrected chi connectivity index (χ4v) is 2.92. The van der Waals surface area contributed by atoms with Crippen LogP contribution in [0.15, 0.2) is 42.6 Å². The molecule has 6 nitrogen and oxygen atoms in total. The van der Waals surface area contributed by atoms with E-state index in [0.29, 0.717) is 36.4 Å². The number of rotatable bonds is 2. The molecule has 1 saturated heterocycles. The van der Waals surface area contributed by atoms with Crippen LogP contribution in [-0.2, 0) is 0 Å². The highest BCUT2D eigenvalue weighted by atomic mass is 32.1. The summed E-state index contributed by atoms with van der Waals surface area (Å²) < 4.78 is 0.412. The number of carbonyl (C=O) groups is 2. The number of phenolic OH excluding ortho intramolecular Hbond substituents is 1. The van der Waals surface area contributed by atoms with Crippen LogP contribution in [0.2, 0.25) is 0 Å². The fourth-order valence-electron chi connectivity index (χ4n) is 2.70. The molecular weight excluding hydrogens is 326 g/mol. The van der Waals surface area contributed by atoms with E-state index >= 15 is 0 Å². The molecule has 0 bridgehead atoms. The van der Waals surface area contributed by atoms with E-state index in [4.69, 9.17) is 12.2 Å². The Bertz CT molecular complexity index is 826. The van der Waals surface area contributed by atoms with Gasteiger partial charge in [-0.05, 0) is 24.3 Å². The number of amides is 2. The van der Waals surface area contributed by atoms with E-state index in [1.807, 2.05) is 0 Å². The minimum atomic E-state index is -0.225. The number of aromatic hydroxyl groups is 1. The number of carbonyl (C=O) groups excluding carboxylic acids is 2. The number of H-pyrrole nitrogens is 1. The standard InChI is InChI=1S/C17H17N3O3S/c21-14-6-2-1-4-12(14)16(22)19-8-10-20(11-9-19)17(23)13-5-3-7-18-15(13)24/h1-7,21H,8-11H2,(H,18,24). The second kappa shape index (κ2) is 6.84. The number of nitrogens with zero attached hydrogens (tertiary/aromatic N) is 2. The van der Waals surface area contributed by atoms with Crippen molar-refractivity contribution in [3.8, 4) is 5.75 Å². The Morgan fingerprint density at radius 3 is 2.04 bits per heavy atom. The van der Waals surface area contributed by atoms with Crippen LogP contribution in [0.5, 0.6) is 5.75 Å². The van der Waals surface area contributed by atoms with Gasteiger partial charge in [-0.25, -0.2) is 0 Å². The van der Waals surface area contributed by atoms with Gasteiger partial charge in [-0.1, -0.05) is 24.4 Å². The number of hydrogen-bond acceptors (Lipinski definition) is 4. The summed E-state index contributed by atoms with van der Waals surface area (Å²) in [7, 11) is 0. The lowest BCUT2D eigenvalue weighted by Gasteiger charge is -2.34. The van der Waals surface area contributed by atoms with Gasteiger partial charge in [0.2, 0.25) is 0 Å². The van der Waals surface area contributed by atoms with Crippen LogP contribution >= 0.6 is 12.2 Å². The number of benzene rings is 1. The van der Waals surface area contributed by atoms with E-state index < -0.39 is 0 Å². The SMILES string of the molecule is O=C(c1ccccc1O)N1CCN(C(=O)c2ccc[nH]c2=S)CC1. The molecular formula is C17H17N3O3S. The first kappa shape index (κ1) is 16.2. The zero-order valence-electron chi connectivity index (χ0n) is 12.9. The lowest BCUT2D eigenvalue weighted by Crippen LogP contribution is -2.50. The van der Waals surface area contributed by atoms with E-state index in [2.05, 4.69) is 4.98 Å². The minimum Gasteiger partial charge on any atom is -0.507 e. The average Bonchev–Trinajstić information content (AvgIpc) is 2.61. The lowest BCUT2D eigenvalue weighted by atomic mass is 10.1. The van der Waals surface area contributed by atoms with Gasteiger partial charge in [0.25, 0.3) is 11.8 Å². The molecule has 1 fully saturated rings. The van der Waals surface area contributed by atoms with Crippen LogP contribution in [-0.4, -0.2) is 57.9 Å². The van der Waals surface area contributed by atoms with Gasteiger partial charge in [0, 0.05) is 32.4 Å². The molecule has 0 atom stereocenters. The molecule has 7 heteroatoms. The number of aromatic amines is 1. The first-order chi connectivity index (χ1) is 11.6. The van der Waals surface area contributed by atoms with Crippen molar-refractivity contribution in [2.45, 2.75) is 0 Å². The van der Waals surface area contributed by atoms with Crippen LogP contribution in [0, 0.1) is 4.64 Å². The Kier molecular flexibility index (Phi) is 4.61. The molecule has 24 heavy (non-hydrogen) atoms. The van der Waals surface area contributed by atoms with Crippen molar-refractivity contribution in [3.05, 3.63) is 58.4 Å². The summed E-state index contributed by atoms with van der Waals surface area (Å²) in [4.78, 5) is 31.2. The Morgan fingerprint density at radius 1 is 0.917 bits per heavy atom. The van der Waals surface area contributed by atoms with Gasteiger partial charge in [0.15, 0.2) is 0 Å². The summed E-state index contributed by atoms with van der Waals surface area (Å²) in [5.74, 6) is -0.389. The third kappa shape index (κ3) is 3.16. The summed E-state index contributed by atoms with van der Waals surface area (Å²) in [6, 6.07) is 9.90. The molecule has 1 aliphatic rings. The molecule has 1 aromatic carbocycles. The van der Waals surface area contributed by atoms with Crippen molar-refractivity contribution in [3.63, 3.8) is 0 Å². The van der Waals surface area contributed by atoms with Crippen LogP contribution < -0.4 is 0 Å². The average molecular weight is 343 g/mol. The molecule has 2 heterocycles. The third-order valence-corrected chi connectivity index (χ3v) is 4.37. The van der Waals surface area contributed by atoms with E-state index in [9.17, 15) is 14.7 Å². The maximum absolute atomic E-state index is 12.5. The topological polar surface area (TPSA) is 76.6 Å². The summed E-state index contributed by atoms with van der Waals surface area (Å²) in [6.45, 7) is 1.70. The first-order valence-corrected chi connectivity index (χ1v) is 8.03. The maximum atomic E-state index is 12.5. The van der Waals surface area contributed by atoms with Gasteiger partial charge >= 0.3 is 0 Å². The fraction of sp³-hybridized carbons (Fsp3) is 0.235. The highest BCUT2D eigenvalue weighted by molar-refractivity contribution is 7.71. The zero-order chi connectivity index (χ0) is 17.1. The van der Waals surface area contributed by atoms with Crippen LogP contribution in [0.4, 0.5) is 0 Å². The van der Waals surface area contributed by atoms with Crippen LogP contribution in [0.3, 0.4) is 0 Å². The van der Waals surface area contributed by atoms with E-state index in [1.165, 1.54) is 6.07 Å². The number of aromatic nitrogens is 1. The number of pyridine rings is 1. The lowest BCUT2D eigenvalue weighted by molar-refractivity contribution is 0.0533. The Morgan fingerprint density at radius 2 is 1.46 bits per heavy atom. The Hall–Kier alpha value is -2.67. The van der Waals surface area contributed by atoms with Crippen LogP contribution in [0.25, 0.3) is 0 Å². The molecule has 3 rings (SSSR count). The maximum Gasteiger partial charge on any atom is 0.257 e. The summed E-state index contributed by atoms with van der Waals surface area (Å²) in [6.07, 6.45) is 1.68. The second-order valence-electron chi connectivity index (χ2n) is 5.51. The monoisotopic (exact) mass is 343 g/mol. The summed E-state index contributed by atoms with van der Waals surface area (Å²) in [5, 5.41) is 9.80. The minimum absolute atomic E-state index is 0.0309. The molecule has 2 amide bonds. The van der Waals surface area contributed by atoms with E-state index in [-0.39, 0.29) is 23.1 Å². The van der Waals surface area contributed by atoms with Crippen LogP contribution in [0.1, 0.15) is 20.7 Å². The van der Waals surface area contributed by atoms with Crippen molar-refractivity contribution in [2.75, 3.05) is 26.2 Å². The molecule has 2 N–H and O–H groups in total. The van der Waals surface area contributed by atoms with E-state index in [1.54, 1.807) is 46.3 Å². The predicted octanol–water partition coefficient (Wildman–Crippen LogP) is 2.05. The molecule has 0 aliphatic carbocycles. The quantitative estimate of drug-likeness (QED) is 0.818. The van der Waals surface area contributed by atoms with Crippen molar-refractivity contribution in [1.82, 2.24) is 14.8 Å². The van der Waals surface area contributed by atoms with Crippen molar-refractivity contribution < 1.29 is 14.7 Å². The van der Waals surface area contributed by atoms with Crippen molar-refractivity contribution in [2.24, 2.45) is 0 Å². The third-order valence-electron chi connectivity index (χ3n) is 4.04. The predicted molar refractivity (Wildman–Crippen MR) is 91.5 cm³/mol. The second-order valence-corrected chi connectivity index (χ2v) is 5.92. The van der Waals surface area contributed by atoms with Gasteiger partial charge in [0.05, 0.1) is 11.1 Å². The first-order valence-electron chi connectivity index (χ1n) is 7.62. The highest BCUT2D eigenvalue weighted by Crippen LogP contribution is 2.19. The van der Waals surface area contributed by atoms with Gasteiger partial charge < -0.3 is 19.9 Å². The molecule has 0 saturated carbocycles. The van der Waals surface area contributed by atoms with Crippen molar-refractivity contribution in [1.29, 1.82) is 0 Å². The Labute approximate surface area is 144 Å². The van der Waals surface area contributed by atoms with E-state index in [0.717, 1.165) is 0 Å². The largest absolute Gasteiger partial charge is 0.507 e. The smallest absolute Gasteiger partial charge is 0.257 e. The molecule has 2 aromatic rings. The molecule has 1 aromatic heterocycles. The molecule has 124 valence electrons. The number of phenols is 1. The zero-order valence-corrected chi connectivity index (χ0v) is 13.8. The van der Waals surface area contributed by atoms with Gasteiger partial charge in [-0.3, -0.25) is 9.59 Å². The number of hydrogen-bond donors (Lipinski definition) is 2. The summed E-state index contributed by atoms with van der Waals surface area (Å²) >= 11 is 5.15. The van der Waals surface area contributed by atoms with Gasteiger partial charge in [-0.2, -0.15) is 0 Å². The van der Waals surface area contributed by atoms with Gasteiger partial charge in [0.1, 0.15) is 10.4 Å². The normalized spacial score (nSPS) is 14.5. The number of nitrogens with one attached hydrogen (secondary N) is 1.